The zero-order valence-electron chi connectivity index (χ0n) is 11.3. The Balaban J connectivity index is 0.00000220. The smallest absolute Gasteiger partial charge is 0.324 e. The molecule has 0 unspecified atom stereocenters. The van der Waals surface area contributed by atoms with Gasteiger partial charge in [-0.3, -0.25) is 20.2 Å². The van der Waals surface area contributed by atoms with Crippen LogP contribution in [0.25, 0.3) is 0 Å². The number of ether oxygens (including phenoxy) is 1. The zero-order valence-corrected chi connectivity index (χ0v) is 12.1. The molecule has 2 N–H and O–H groups in total. The van der Waals surface area contributed by atoms with Crippen LogP contribution in [0.1, 0.15) is 18.4 Å². The molecule has 7 nitrogen and oxygen atoms in total. The van der Waals surface area contributed by atoms with Crippen molar-refractivity contribution in [3.05, 3.63) is 39.9 Å². The van der Waals surface area contributed by atoms with Crippen molar-refractivity contribution < 1.29 is 19.6 Å². The molecule has 21 heavy (non-hydrogen) atoms. The highest BCUT2D eigenvalue weighted by Crippen LogP contribution is 2.22. The first-order chi connectivity index (χ1) is 9.53. The van der Waals surface area contributed by atoms with Crippen LogP contribution < -0.4 is 5.32 Å². The van der Waals surface area contributed by atoms with E-state index in [1.807, 2.05) is 0 Å². The van der Waals surface area contributed by atoms with E-state index in [-0.39, 0.29) is 18.1 Å². The Morgan fingerprint density at radius 1 is 1.33 bits per heavy atom. The molecule has 1 aliphatic heterocycles. The Kier molecular flexibility index (Phi) is 6.07. The third-order valence-corrected chi connectivity index (χ3v) is 3.53. The number of nitro groups is 1. The maximum absolute atomic E-state index is 11.4. The highest BCUT2D eigenvalue weighted by atomic mass is 35.5. The number of hydrogen-bond donors (Lipinski definition) is 2. The van der Waals surface area contributed by atoms with E-state index < -0.39 is 16.4 Å². The van der Waals surface area contributed by atoms with E-state index >= 15 is 0 Å². The number of nitrogens with zero attached hydrogens (tertiary/aromatic N) is 1. The second-order valence-electron chi connectivity index (χ2n) is 4.78. The van der Waals surface area contributed by atoms with E-state index in [1.165, 1.54) is 12.1 Å². The van der Waals surface area contributed by atoms with Crippen LogP contribution in [0.15, 0.2) is 24.3 Å². The van der Waals surface area contributed by atoms with Crippen molar-refractivity contribution in [3.8, 4) is 0 Å². The van der Waals surface area contributed by atoms with Crippen LogP contribution in [0.2, 0.25) is 0 Å². The largest absolute Gasteiger partial charge is 0.480 e. The molecule has 1 aromatic rings. The molecule has 0 aromatic heterocycles. The molecule has 0 spiro atoms. The van der Waals surface area contributed by atoms with E-state index in [4.69, 9.17) is 4.74 Å². The average molecular weight is 317 g/mol. The van der Waals surface area contributed by atoms with Crippen molar-refractivity contribution in [3.63, 3.8) is 0 Å². The van der Waals surface area contributed by atoms with Gasteiger partial charge in [-0.25, -0.2) is 0 Å². The van der Waals surface area contributed by atoms with E-state index in [1.54, 1.807) is 12.1 Å². The van der Waals surface area contributed by atoms with Gasteiger partial charge in [0.05, 0.1) is 4.92 Å². The molecule has 1 aliphatic rings. The lowest BCUT2D eigenvalue weighted by Crippen LogP contribution is -2.55. The molecular weight excluding hydrogens is 300 g/mol. The lowest BCUT2D eigenvalue weighted by atomic mass is 9.90. The van der Waals surface area contributed by atoms with Crippen molar-refractivity contribution in [1.82, 2.24) is 5.32 Å². The van der Waals surface area contributed by atoms with E-state index in [0.717, 1.165) is 5.56 Å². The summed E-state index contributed by atoms with van der Waals surface area (Å²) in [6.07, 6.45) is 0.824. The number of aliphatic carboxylic acids is 1. The van der Waals surface area contributed by atoms with Crippen LogP contribution in [0, 0.1) is 10.1 Å². The standard InChI is InChI=1S/C13H16N2O5.ClH/c16-12(17)13(5-7-20-8-6-13)14-9-10-1-3-11(4-2-10)15(18)19;/h1-4,14H,5-9H2,(H,16,17);1H. The topological polar surface area (TPSA) is 102 Å². The van der Waals surface area contributed by atoms with E-state index in [2.05, 4.69) is 5.32 Å². The van der Waals surface area contributed by atoms with Gasteiger partial charge >= 0.3 is 5.97 Å². The van der Waals surface area contributed by atoms with Crippen LogP contribution >= 0.6 is 12.4 Å². The highest BCUT2D eigenvalue weighted by Gasteiger charge is 2.39. The van der Waals surface area contributed by atoms with Gasteiger partial charge in [-0.1, -0.05) is 12.1 Å². The first-order valence-corrected chi connectivity index (χ1v) is 6.33. The lowest BCUT2D eigenvalue weighted by Gasteiger charge is -2.34. The van der Waals surface area contributed by atoms with Gasteiger partial charge in [-0.2, -0.15) is 0 Å². The third-order valence-electron chi connectivity index (χ3n) is 3.53. The monoisotopic (exact) mass is 316 g/mol. The average Bonchev–Trinajstić information content (AvgIpc) is 2.46. The number of benzene rings is 1. The minimum absolute atomic E-state index is 0. The summed E-state index contributed by atoms with van der Waals surface area (Å²) in [4.78, 5) is 21.5. The number of hydrogen-bond acceptors (Lipinski definition) is 5. The van der Waals surface area contributed by atoms with E-state index in [9.17, 15) is 20.0 Å². The van der Waals surface area contributed by atoms with Crippen LogP contribution in [0.4, 0.5) is 5.69 Å². The molecule has 2 rings (SSSR count). The third kappa shape index (κ3) is 4.13. The van der Waals surface area contributed by atoms with Crippen molar-refractivity contribution in [2.75, 3.05) is 13.2 Å². The predicted octanol–water partition coefficient (Wildman–Crippen LogP) is 1.74. The number of carbonyl (C=O) groups is 1. The highest BCUT2D eigenvalue weighted by molar-refractivity contribution is 5.85. The number of nitro benzene ring substituents is 1. The summed E-state index contributed by atoms with van der Waals surface area (Å²) in [5, 5.41) is 23.0. The van der Waals surface area contributed by atoms with Gasteiger partial charge < -0.3 is 9.84 Å². The maximum atomic E-state index is 11.4. The molecule has 0 aliphatic carbocycles. The van der Waals surface area contributed by atoms with Crippen molar-refractivity contribution in [2.45, 2.75) is 24.9 Å². The first-order valence-electron chi connectivity index (χ1n) is 6.33. The summed E-state index contributed by atoms with van der Waals surface area (Å²) in [6, 6.07) is 6.07. The summed E-state index contributed by atoms with van der Waals surface area (Å²) in [5.74, 6) is -0.886. The molecule has 8 heteroatoms. The molecule has 1 heterocycles. The summed E-state index contributed by atoms with van der Waals surface area (Å²) in [7, 11) is 0. The van der Waals surface area contributed by atoms with Crippen LogP contribution in [-0.2, 0) is 16.1 Å². The Hall–Kier alpha value is -1.70. The predicted molar refractivity (Wildman–Crippen MR) is 77.6 cm³/mol. The molecular formula is C13H17ClN2O5. The van der Waals surface area contributed by atoms with Gasteiger partial charge in [-0.15, -0.1) is 12.4 Å². The summed E-state index contributed by atoms with van der Waals surface area (Å²) in [5.41, 5.74) is -0.143. The maximum Gasteiger partial charge on any atom is 0.324 e. The molecule has 1 fully saturated rings. The van der Waals surface area contributed by atoms with Crippen molar-refractivity contribution >= 4 is 24.1 Å². The van der Waals surface area contributed by atoms with Gasteiger partial charge in [0, 0.05) is 31.9 Å². The van der Waals surface area contributed by atoms with Crippen LogP contribution in [-0.4, -0.2) is 34.8 Å². The van der Waals surface area contributed by atoms with Gasteiger partial charge in [-0.05, 0) is 18.4 Å². The fourth-order valence-corrected chi connectivity index (χ4v) is 2.19. The fourth-order valence-electron chi connectivity index (χ4n) is 2.19. The second kappa shape index (κ2) is 7.35. The molecule has 0 atom stereocenters. The summed E-state index contributed by atoms with van der Waals surface area (Å²) >= 11 is 0. The Morgan fingerprint density at radius 2 is 1.90 bits per heavy atom. The van der Waals surface area contributed by atoms with Crippen LogP contribution in [0.3, 0.4) is 0 Å². The number of nitrogens with one attached hydrogen (secondary N) is 1. The minimum Gasteiger partial charge on any atom is -0.480 e. The Bertz CT molecular complexity index is 500. The number of carboxylic acid groups (broad SMARTS) is 1. The van der Waals surface area contributed by atoms with Gasteiger partial charge in [0.25, 0.3) is 5.69 Å². The number of rotatable bonds is 5. The Labute approximate surface area is 127 Å². The quantitative estimate of drug-likeness (QED) is 0.633. The van der Waals surface area contributed by atoms with Gasteiger partial charge in [0.15, 0.2) is 0 Å². The van der Waals surface area contributed by atoms with Gasteiger partial charge in [0.2, 0.25) is 0 Å². The molecule has 1 saturated heterocycles. The fraction of sp³-hybridized carbons (Fsp3) is 0.462. The summed E-state index contributed by atoms with van der Waals surface area (Å²) < 4.78 is 5.19. The van der Waals surface area contributed by atoms with E-state index in [0.29, 0.717) is 32.6 Å². The molecule has 1 aromatic carbocycles. The molecule has 0 saturated carbocycles. The summed E-state index contributed by atoms with van der Waals surface area (Å²) in [6.45, 7) is 1.18. The zero-order chi connectivity index (χ0) is 14.6. The molecule has 0 bridgehead atoms. The lowest BCUT2D eigenvalue weighted by molar-refractivity contribution is -0.384. The second-order valence-corrected chi connectivity index (χ2v) is 4.78. The number of non-ortho nitro benzene ring substituents is 1. The Morgan fingerprint density at radius 3 is 2.38 bits per heavy atom. The molecule has 116 valence electrons. The van der Waals surface area contributed by atoms with Crippen LogP contribution in [0.5, 0.6) is 0 Å². The number of halogens is 1. The SMILES string of the molecule is Cl.O=C(O)C1(NCc2ccc([N+](=O)[O-])cc2)CCOCC1. The molecule has 0 radical (unpaired) electrons. The number of carboxylic acids is 1. The van der Waals surface area contributed by atoms with Crippen molar-refractivity contribution in [2.24, 2.45) is 0 Å². The molecule has 0 amide bonds. The minimum atomic E-state index is -0.972. The van der Waals surface area contributed by atoms with Gasteiger partial charge in [0.1, 0.15) is 5.54 Å². The first kappa shape index (κ1) is 17.4. The van der Waals surface area contributed by atoms with Crippen molar-refractivity contribution in [1.29, 1.82) is 0 Å². The normalized spacial score (nSPS) is 16.8.